The summed E-state index contributed by atoms with van der Waals surface area (Å²) in [6, 6.07) is 6.83. The largest absolute Gasteiger partial charge is 0.295 e. The Morgan fingerprint density at radius 1 is 1.12 bits per heavy atom. The van der Waals surface area contributed by atoms with Crippen LogP contribution in [0.1, 0.15) is 55.2 Å². The summed E-state index contributed by atoms with van der Waals surface area (Å²) in [4.78, 5) is 25.3. The Labute approximate surface area is 148 Å². The normalized spacial score (nSPS) is 11.4. The summed E-state index contributed by atoms with van der Waals surface area (Å²) in [7, 11) is 0. The monoisotopic (exact) mass is 357 g/mol. The van der Waals surface area contributed by atoms with Gasteiger partial charge in [-0.25, -0.2) is 4.68 Å². The third-order valence-electron chi connectivity index (χ3n) is 3.69. The predicted octanol–water partition coefficient (Wildman–Crippen LogP) is 3.20. The fourth-order valence-corrected chi connectivity index (χ4v) is 3.14. The molecule has 0 atom stereocenters. The zero-order chi connectivity index (χ0) is 18.1. The van der Waals surface area contributed by atoms with E-state index in [9.17, 15) is 9.59 Å². The Balaban J connectivity index is 2.06. The number of nitrogens with one attached hydrogen (secondary N) is 1. The summed E-state index contributed by atoms with van der Waals surface area (Å²) in [5.74, 6) is -0.165. The molecule has 8 heteroatoms. The van der Waals surface area contributed by atoms with Crippen LogP contribution in [-0.2, 0) is 0 Å². The van der Waals surface area contributed by atoms with E-state index in [2.05, 4.69) is 20.6 Å². The van der Waals surface area contributed by atoms with Gasteiger partial charge in [-0.2, -0.15) is 5.10 Å². The molecule has 0 saturated carbocycles. The lowest BCUT2D eigenvalue weighted by Crippen LogP contribution is -2.28. The quantitative estimate of drug-likeness (QED) is 0.774. The summed E-state index contributed by atoms with van der Waals surface area (Å²) in [6.07, 6.45) is 0. The van der Waals surface area contributed by atoms with Crippen molar-refractivity contribution < 1.29 is 4.79 Å². The molecule has 0 saturated heterocycles. The van der Waals surface area contributed by atoms with Crippen LogP contribution in [0.5, 0.6) is 0 Å². The minimum absolute atomic E-state index is 0.155. The smallest absolute Gasteiger partial charge is 0.278 e. The number of amides is 1. The van der Waals surface area contributed by atoms with Gasteiger partial charge in [0.25, 0.3) is 11.5 Å². The van der Waals surface area contributed by atoms with Crippen LogP contribution < -0.4 is 10.9 Å². The summed E-state index contributed by atoms with van der Waals surface area (Å²) in [6.45, 7) is 7.73. The predicted molar refractivity (Wildman–Crippen MR) is 98.3 cm³/mol. The van der Waals surface area contributed by atoms with Crippen LogP contribution in [0.15, 0.2) is 29.1 Å². The first kappa shape index (κ1) is 17.2. The van der Waals surface area contributed by atoms with E-state index in [1.807, 2.05) is 27.7 Å². The Morgan fingerprint density at radius 2 is 1.80 bits per heavy atom. The van der Waals surface area contributed by atoms with E-state index < -0.39 is 5.91 Å². The Bertz CT molecular complexity index is 990. The van der Waals surface area contributed by atoms with E-state index >= 15 is 0 Å². The molecule has 0 radical (unpaired) electrons. The van der Waals surface area contributed by atoms with E-state index in [1.165, 1.54) is 16.0 Å². The van der Waals surface area contributed by atoms with Gasteiger partial charge in [-0.3, -0.25) is 14.9 Å². The highest BCUT2D eigenvalue weighted by molar-refractivity contribution is 7.15. The second kappa shape index (κ2) is 6.72. The number of nitrogens with zero attached hydrogens (tertiary/aromatic N) is 4. The summed E-state index contributed by atoms with van der Waals surface area (Å²) < 4.78 is 1.33. The zero-order valence-corrected chi connectivity index (χ0v) is 15.3. The van der Waals surface area contributed by atoms with E-state index in [4.69, 9.17) is 0 Å². The highest BCUT2D eigenvalue weighted by atomic mass is 32.1. The molecular formula is C17H19N5O2S. The molecule has 0 unspecified atom stereocenters. The molecule has 2 heterocycles. The third-order valence-corrected chi connectivity index (χ3v) is 4.83. The highest BCUT2D eigenvalue weighted by Gasteiger charge is 2.19. The fourth-order valence-electron chi connectivity index (χ4n) is 2.40. The van der Waals surface area contributed by atoms with E-state index in [0.717, 1.165) is 5.01 Å². The second-order valence-corrected chi connectivity index (χ2v) is 7.30. The van der Waals surface area contributed by atoms with Crippen molar-refractivity contribution in [3.05, 3.63) is 45.3 Å². The molecule has 3 rings (SSSR count). The van der Waals surface area contributed by atoms with Crippen molar-refractivity contribution in [1.82, 2.24) is 20.0 Å². The maximum absolute atomic E-state index is 12.7. The number of hydrogen-bond donors (Lipinski definition) is 1. The molecule has 0 spiro atoms. The minimum atomic E-state index is -0.406. The number of carbonyl (C=O) groups is 1. The van der Waals surface area contributed by atoms with E-state index in [1.54, 1.807) is 24.3 Å². The minimum Gasteiger partial charge on any atom is -0.295 e. The maximum atomic E-state index is 12.7. The van der Waals surface area contributed by atoms with Crippen molar-refractivity contribution in [2.45, 2.75) is 39.7 Å². The van der Waals surface area contributed by atoms with Gasteiger partial charge in [0.2, 0.25) is 5.13 Å². The van der Waals surface area contributed by atoms with Crippen LogP contribution >= 0.6 is 11.3 Å². The van der Waals surface area contributed by atoms with Gasteiger partial charge in [-0.15, -0.1) is 10.2 Å². The molecule has 0 aliphatic heterocycles. The van der Waals surface area contributed by atoms with Crippen LogP contribution in [0.25, 0.3) is 10.8 Å². The molecule has 0 fully saturated rings. The third kappa shape index (κ3) is 3.30. The van der Waals surface area contributed by atoms with Gasteiger partial charge in [0.15, 0.2) is 5.69 Å². The van der Waals surface area contributed by atoms with Crippen LogP contribution in [0.2, 0.25) is 0 Å². The van der Waals surface area contributed by atoms with Gasteiger partial charge in [-0.05, 0) is 19.9 Å². The lowest BCUT2D eigenvalue weighted by molar-refractivity contribution is 0.102. The van der Waals surface area contributed by atoms with E-state index in [0.29, 0.717) is 15.9 Å². The Morgan fingerprint density at radius 3 is 2.40 bits per heavy atom. The SMILES string of the molecule is CC(C)c1nnc(NC(=O)c2nn(C(C)C)c(=O)c3ccccc23)s1. The molecule has 7 nitrogen and oxygen atoms in total. The number of rotatable bonds is 4. The number of carbonyl (C=O) groups excluding carboxylic acids is 1. The molecule has 3 aromatic rings. The lowest BCUT2D eigenvalue weighted by atomic mass is 10.1. The van der Waals surface area contributed by atoms with Gasteiger partial charge in [0.05, 0.1) is 11.4 Å². The van der Waals surface area contributed by atoms with Gasteiger partial charge < -0.3 is 0 Å². The van der Waals surface area contributed by atoms with Gasteiger partial charge >= 0.3 is 0 Å². The molecule has 25 heavy (non-hydrogen) atoms. The number of fused-ring (bicyclic) bond motifs is 1. The van der Waals surface area contributed by atoms with Crippen molar-refractivity contribution in [3.63, 3.8) is 0 Å². The number of hydrogen-bond acceptors (Lipinski definition) is 6. The average Bonchev–Trinajstić information content (AvgIpc) is 3.03. The molecule has 0 aliphatic rings. The Kier molecular flexibility index (Phi) is 4.63. The van der Waals surface area contributed by atoms with Crippen LogP contribution in [-0.4, -0.2) is 25.9 Å². The number of benzene rings is 1. The molecule has 0 aliphatic carbocycles. The molecule has 130 valence electrons. The topological polar surface area (TPSA) is 89.8 Å². The fraction of sp³-hybridized carbons (Fsp3) is 0.353. The van der Waals surface area contributed by atoms with Gasteiger partial charge in [0, 0.05) is 11.3 Å². The summed E-state index contributed by atoms with van der Waals surface area (Å²) in [5.41, 5.74) is -0.00893. The first-order valence-corrected chi connectivity index (χ1v) is 8.86. The lowest BCUT2D eigenvalue weighted by Gasteiger charge is -2.12. The second-order valence-electron chi connectivity index (χ2n) is 6.29. The maximum Gasteiger partial charge on any atom is 0.278 e. The molecule has 2 aromatic heterocycles. The first-order valence-electron chi connectivity index (χ1n) is 8.04. The highest BCUT2D eigenvalue weighted by Crippen LogP contribution is 2.23. The van der Waals surface area contributed by atoms with Crippen molar-refractivity contribution >= 4 is 33.1 Å². The van der Waals surface area contributed by atoms with Crippen molar-refractivity contribution in [1.29, 1.82) is 0 Å². The van der Waals surface area contributed by atoms with Gasteiger partial charge in [0.1, 0.15) is 5.01 Å². The van der Waals surface area contributed by atoms with Crippen LogP contribution in [0.3, 0.4) is 0 Å². The number of aromatic nitrogens is 4. The zero-order valence-electron chi connectivity index (χ0n) is 14.5. The van der Waals surface area contributed by atoms with Crippen molar-refractivity contribution in [2.75, 3.05) is 5.32 Å². The number of anilines is 1. The summed E-state index contributed by atoms with van der Waals surface area (Å²) in [5, 5.41) is 17.3. The Hall–Kier alpha value is -2.61. The van der Waals surface area contributed by atoms with Crippen LogP contribution in [0.4, 0.5) is 5.13 Å². The molecule has 1 amide bonds. The summed E-state index contributed by atoms with van der Waals surface area (Å²) >= 11 is 1.33. The van der Waals surface area contributed by atoms with E-state index in [-0.39, 0.29) is 23.2 Å². The van der Waals surface area contributed by atoms with Crippen molar-refractivity contribution in [2.24, 2.45) is 0 Å². The van der Waals surface area contributed by atoms with Gasteiger partial charge in [-0.1, -0.05) is 43.4 Å². The molecule has 1 N–H and O–H groups in total. The standard InChI is InChI=1S/C17H19N5O2S/c1-9(2)15-19-20-17(25-15)18-14(23)13-11-7-5-6-8-12(11)16(24)22(21-13)10(3)4/h5-10H,1-4H3,(H,18,20,23). The average molecular weight is 357 g/mol. The van der Waals surface area contributed by atoms with Crippen molar-refractivity contribution in [3.8, 4) is 0 Å². The molecule has 0 bridgehead atoms. The molecular weight excluding hydrogens is 338 g/mol. The first-order chi connectivity index (χ1) is 11.9. The van der Waals surface area contributed by atoms with Crippen LogP contribution in [0, 0.1) is 0 Å². The molecule has 1 aromatic carbocycles.